The molecule has 2 nitrogen and oxygen atoms in total. The van der Waals surface area contributed by atoms with Crippen molar-refractivity contribution < 1.29 is 9.47 Å². The third-order valence-electron chi connectivity index (χ3n) is 3.77. The number of hydrogen-bond acceptors (Lipinski definition) is 2. The van der Waals surface area contributed by atoms with E-state index < -0.39 is 0 Å². The quantitative estimate of drug-likeness (QED) is 0.793. The van der Waals surface area contributed by atoms with Crippen molar-refractivity contribution in [2.45, 2.75) is 32.8 Å². The van der Waals surface area contributed by atoms with Crippen molar-refractivity contribution in [3.8, 4) is 11.5 Å². The third kappa shape index (κ3) is 3.16. The summed E-state index contributed by atoms with van der Waals surface area (Å²) >= 11 is 6.15. The van der Waals surface area contributed by atoms with Crippen molar-refractivity contribution in [2.75, 3.05) is 6.61 Å². The Kier molecular flexibility index (Phi) is 4.07. The summed E-state index contributed by atoms with van der Waals surface area (Å²) in [4.78, 5) is 0. The van der Waals surface area contributed by atoms with E-state index in [9.17, 15) is 0 Å². The lowest BCUT2D eigenvalue weighted by molar-refractivity contribution is 0.292. The molecule has 0 spiro atoms. The van der Waals surface area contributed by atoms with Gasteiger partial charge in [0.1, 0.15) is 18.1 Å². The van der Waals surface area contributed by atoms with Crippen LogP contribution in [0, 0.1) is 0 Å². The average Bonchev–Trinajstić information content (AvgIpc) is 2.93. The molecule has 0 saturated carbocycles. The summed E-state index contributed by atoms with van der Waals surface area (Å²) in [5, 5.41) is 0.744. The summed E-state index contributed by atoms with van der Waals surface area (Å²) in [5.41, 5.74) is 3.51. The van der Waals surface area contributed by atoms with Gasteiger partial charge in [-0.15, -0.1) is 0 Å². The van der Waals surface area contributed by atoms with Crippen molar-refractivity contribution in [1.29, 1.82) is 0 Å². The van der Waals surface area contributed by atoms with Crippen LogP contribution in [0.15, 0.2) is 36.4 Å². The number of halogens is 1. The van der Waals surface area contributed by atoms with Gasteiger partial charge in [0.2, 0.25) is 0 Å². The number of benzene rings is 2. The SMILES string of the molecule is CC(C)c1ccc(OCc2cc(Cl)cc3c2OCC3)cc1. The maximum Gasteiger partial charge on any atom is 0.129 e. The summed E-state index contributed by atoms with van der Waals surface area (Å²) in [5.74, 6) is 2.34. The number of fused-ring (bicyclic) bond motifs is 1. The molecule has 110 valence electrons. The van der Waals surface area contributed by atoms with Gasteiger partial charge in [-0.2, -0.15) is 0 Å². The highest BCUT2D eigenvalue weighted by Crippen LogP contribution is 2.33. The first-order valence-corrected chi connectivity index (χ1v) is 7.68. The molecule has 2 aromatic carbocycles. The molecule has 0 radical (unpaired) electrons. The first kappa shape index (κ1) is 14.3. The molecule has 1 heterocycles. The smallest absolute Gasteiger partial charge is 0.129 e. The molecular formula is C18H19ClO2. The third-order valence-corrected chi connectivity index (χ3v) is 3.98. The summed E-state index contributed by atoms with van der Waals surface area (Å²) in [6.07, 6.45) is 0.923. The normalized spacial score (nSPS) is 13.1. The molecule has 0 fully saturated rings. The molecular weight excluding hydrogens is 284 g/mol. The van der Waals surface area contributed by atoms with E-state index in [0.29, 0.717) is 12.5 Å². The summed E-state index contributed by atoms with van der Waals surface area (Å²) < 4.78 is 11.6. The second kappa shape index (κ2) is 5.98. The van der Waals surface area contributed by atoms with Crippen LogP contribution in [0.4, 0.5) is 0 Å². The number of ether oxygens (including phenoxy) is 2. The fourth-order valence-corrected chi connectivity index (χ4v) is 2.83. The zero-order chi connectivity index (χ0) is 14.8. The Morgan fingerprint density at radius 2 is 1.95 bits per heavy atom. The highest BCUT2D eigenvalue weighted by atomic mass is 35.5. The first-order chi connectivity index (χ1) is 10.1. The van der Waals surface area contributed by atoms with E-state index in [1.807, 2.05) is 24.3 Å². The molecule has 0 aliphatic carbocycles. The van der Waals surface area contributed by atoms with Gasteiger partial charge in [0.15, 0.2) is 0 Å². The molecule has 3 rings (SSSR count). The number of rotatable bonds is 4. The molecule has 2 aromatic rings. The predicted molar refractivity (Wildman–Crippen MR) is 85.5 cm³/mol. The van der Waals surface area contributed by atoms with E-state index in [2.05, 4.69) is 26.0 Å². The largest absolute Gasteiger partial charge is 0.493 e. The van der Waals surface area contributed by atoms with Crippen LogP contribution in [0.5, 0.6) is 11.5 Å². The second-order valence-electron chi connectivity index (χ2n) is 5.66. The van der Waals surface area contributed by atoms with Crippen LogP contribution in [0.3, 0.4) is 0 Å². The second-order valence-corrected chi connectivity index (χ2v) is 6.10. The van der Waals surface area contributed by atoms with Crippen molar-refractivity contribution >= 4 is 11.6 Å². The monoisotopic (exact) mass is 302 g/mol. The maximum absolute atomic E-state index is 6.15. The van der Waals surface area contributed by atoms with Crippen LogP contribution in [0.1, 0.15) is 36.5 Å². The Morgan fingerprint density at radius 1 is 1.19 bits per heavy atom. The summed E-state index contributed by atoms with van der Waals surface area (Å²) in [6.45, 7) is 5.57. The maximum atomic E-state index is 6.15. The lowest BCUT2D eigenvalue weighted by Gasteiger charge is -2.12. The van der Waals surface area contributed by atoms with E-state index >= 15 is 0 Å². The molecule has 0 atom stereocenters. The van der Waals surface area contributed by atoms with Gasteiger partial charge in [0, 0.05) is 17.0 Å². The minimum absolute atomic E-state index is 0.476. The van der Waals surface area contributed by atoms with Crippen LogP contribution in [0.2, 0.25) is 5.02 Å². The van der Waals surface area contributed by atoms with Gasteiger partial charge in [-0.3, -0.25) is 0 Å². The fourth-order valence-electron chi connectivity index (χ4n) is 2.56. The van der Waals surface area contributed by atoms with Crippen LogP contribution in [-0.4, -0.2) is 6.61 Å². The highest BCUT2D eigenvalue weighted by molar-refractivity contribution is 6.30. The Labute approximate surface area is 130 Å². The van der Waals surface area contributed by atoms with Gasteiger partial charge in [0.05, 0.1) is 6.61 Å². The lowest BCUT2D eigenvalue weighted by Crippen LogP contribution is -1.99. The molecule has 21 heavy (non-hydrogen) atoms. The zero-order valence-electron chi connectivity index (χ0n) is 12.4. The Balaban J connectivity index is 1.73. The Bertz CT molecular complexity index is 632. The molecule has 0 saturated heterocycles. The van der Waals surface area contributed by atoms with Gasteiger partial charge in [-0.25, -0.2) is 0 Å². The van der Waals surface area contributed by atoms with Crippen LogP contribution < -0.4 is 9.47 Å². The van der Waals surface area contributed by atoms with Crippen molar-refractivity contribution in [2.24, 2.45) is 0 Å². The molecule has 0 bridgehead atoms. The summed E-state index contributed by atoms with van der Waals surface area (Å²) in [6, 6.07) is 12.2. The van der Waals surface area contributed by atoms with Crippen LogP contribution >= 0.6 is 11.6 Å². The molecule has 0 aromatic heterocycles. The number of hydrogen-bond donors (Lipinski definition) is 0. The minimum Gasteiger partial charge on any atom is -0.493 e. The van der Waals surface area contributed by atoms with E-state index in [1.54, 1.807) is 0 Å². The Hall–Kier alpha value is -1.67. The lowest BCUT2D eigenvalue weighted by atomic mass is 10.0. The Morgan fingerprint density at radius 3 is 2.67 bits per heavy atom. The van der Waals surface area contributed by atoms with Crippen molar-refractivity contribution in [1.82, 2.24) is 0 Å². The molecule has 3 heteroatoms. The van der Waals surface area contributed by atoms with Crippen molar-refractivity contribution in [3.63, 3.8) is 0 Å². The molecule has 1 aliphatic rings. The molecule has 0 N–H and O–H groups in total. The van der Waals surface area contributed by atoms with E-state index in [4.69, 9.17) is 21.1 Å². The van der Waals surface area contributed by atoms with Crippen molar-refractivity contribution in [3.05, 3.63) is 58.1 Å². The zero-order valence-corrected chi connectivity index (χ0v) is 13.1. The first-order valence-electron chi connectivity index (χ1n) is 7.30. The molecule has 0 amide bonds. The highest BCUT2D eigenvalue weighted by Gasteiger charge is 2.17. The van der Waals surface area contributed by atoms with Gasteiger partial charge in [0.25, 0.3) is 0 Å². The van der Waals surface area contributed by atoms with Crippen LogP contribution in [-0.2, 0) is 13.0 Å². The van der Waals surface area contributed by atoms with E-state index in [-0.39, 0.29) is 0 Å². The van der Waals surface area contributed by atoms with Gasteiger partial charge < -0.3 is 9.47 Å². The van der Waals surface area contributed by atoms with Gasteiger partial charge in [-0.05, 0) is 41.3 Å². The van der Waals surface area contributed by atoms with Gasteiger partial charge in [-0.1, -0.05) is 37.6 Å². The standard InChI is InChI=1S/C18H19ClO2/c1-12(2)13-3-5-17(6-4-13)21-11-15-10-16(19)9-14-7-8-20-18(14)15/h3-6,9-10,12H,7-8,11H2,1-2H3. The molecule has 1 aliphatic heterocycles. The molecule has 0 unspecified atom stereocenters. The summed E-state index contributed by atoms with van der Waals surface area (Å²) in [7, 11) is 0. The average molecular weight is 303 g/mol. The topological polar surface area (TPSA) is 18.5 Å². The van der Waals surface area contributed by atoms with Gasteiger partial charge >= 0.3 is 0 Å². The minimum atomic E-state index is 0.476. The van der Waals surface area contributed by atoms with E-state index in [0.717, 1.165) is 35.1 Å². The predicted octanol–water partition coefficient (Wildman–Crippen LogP) is 4.98. The fraction of sp³-hybridized carbons (Fsp3) is 0.333. The van der Waals surface area contributed by atoms with Crippen LogP contribution in [0.25, 0.3) is 0 Å². The van der Waals surface area contributed by atoms with E-state index in [1.165, 1.54) is 11.1 Å².